The fourth-order valence-electron chi connectivity index (χ4n) is 1.53. The fourth-order valence-corrected chi connectivity index (χ4v) is 1.53. The lowest BCUT2D eigenvalue weighted by Crippen LogP contribution is -2.42. The molecule has 0 aromatic rings. The second-order valence-electron chi connectivity index (χ2n) is 4.17. The molecule has 0 fully saturated rings. The van der Waals surface area contributed by atoms with Gasteiger partial charge in [-0.2, -0.15) is 0 Å². The van der Waals surface area contributed by atoms with Crippen LogP contribution in [0.1, 0.15) is 27.7 Å². The number of nitrogens with two attached hydrogens (primary N) is 1. The number of carbonyl (C=O) groups is 1. The van der Waals surface area contributed by atoms with Crippen molar-refractivity contribution in [2.45, 2.75) is 34.0 Å². The molecule has 0 aliphatic heterocycles. The van der Waals surface area contributed by atoms with Crippen LogP contribution in [0.4, 0.5) is 0 Å². The first-order valence-corrected chi connectivity index (χ1v) is 6.27. The van der Waals surface area contributed by atoms with E-state index < -0.39 is 0 Å². The number of amides is 1. The van der Waals surface area contributed by atoms with Crippen molar-refractivity contribution in [1.29, 1.82) is 0 Å². The summed E-state index contributed by atoms with van der Waals surface area (Å²) in [7, 11) is 0. The summed E-state index contributed by atoms with van der Waals surface area (Å²) in [4.78, 5) is 11.8. The van der Waals surface area contributed by atoms with Crippen molar-refractivity contribution in [3.05, 3.63) is 0 Å². The zero-order chi connectivity index (χ0) is 13.3. The van der Waals surface area contributed by atoms with E-state index in [1.54, 1.807) is 0 Å². The molecule has 1 unspecified atom stereocenters. The molecule has 0 saturated carbocycles. The summed E-state index contributed by atoms with van der Waals surface area (Å²) < 4.78 is 10.7. The van der Waals surface area contributed by atoms with Crippen molar-refractivity contribution in [3.63, 3.8) is 0 Å². The van der Waals surface area contributed by atoms with E-state index in [1.165, 1.54) is 0 Å². The predicted octanol–water partition coefficient (Wildman–Crippen LogP) is 0.733. The maximum absolute atomic E-state index is 11.8. The first-order chi connectivity index (χ1) is 8.06. The van der Waals surface area contributed by atoms with Crippen LogP contribution in [0.2, 0.25) is 0 Å². The van der Waals surface area contributed by atoms with Crippen molar-refractivity contribution >= 4 is 5.91 Å². The minimum absolute atomic E-state index is 0.0353. The van der Waals surface area contributed by atoms with Crippen LogP contribution in [0.5, 0.6) is 0 Å². The smallest absolute Gasteiger partial charge is 0.224 e. The van der Waals surface area contributed by atoms with Gasteiger partial charge in [-0.25, -0.2) is 0 Å². The van der Waals surface area contributed by atoms with Crippen LogP contribution in [0, 0.1) is 11.8 Å². The third-order valence-corrected chi connectivity index (χ3v) is 2.54. The van der Waals surface area contributed by atoms with Gasteiger partial charge in [0.05, 0.1) is 12.5 Å². The quantitative estimate of drug-likeness (QED) is 0.588. The topological polar surface area (TPSA) is 73.6 Å². The molecule has 0 saturated heterocycles. The Kier molecular flexibility index (Phi) is 9.03. The molecule has 0 radical (unpaired) electrons. The Morgan fingerprint density at radius 1 is 1.24 bits per heavy atom. The lowest BCUT2D eigenvalue weighted by molar-refractivity contribution is -0.142. The summed E-state index contributed by atoms with van der Waals surface area (Å²) in [5, 5.41) is 2.82. The molecular weight excluding hydrogens is 220 g/mol. The van der Waals surface area contributed by atoms with E-state index >= 15 is 0 Å². The fraction of sp³-hybridized carbons (Fsp3) is 0.917. The monoisotopic (exact) mass is 246 g/mol. The van der Waals surface area contributed by atoms with Gasteiger partial charge in [0.1, 0.15) is 0 Å². The van der Waals surface area contributed by atoms with Gasteiger partial charge >= 0.3 is 0 Å². The summed E-state index contributed by atoms with van der Waals surface area (Å²) >= 11 is 0. The van der Waals surface area contributed by atoms with E-state index in [0.717, 1.165) is 0 Å². The molecule has 5 heteroatoms. The minimum atomic E-state index is -0.375. The van der Waals surface area contributed by atoms with Crippen molar-refractivity contribution < 1.29 is 14.3 Å². The number of hydrogen-bond acceptors (Lipinski definition) is 4. The Hall–Kier alpha value is -0.650. The van der Waals surface area contributed by atoms with Gasteiger partial charge in [0.15, 0.2) is 6.29 Å². The molecule has 1 amide bonds. The Morgan fingerprint density at radius 3 is 2.12 bits per heavy atom. The minimum Gasteiger partial charge on any atom is -0.351 e. The molecule has 0 aliphatic carbocycles. The summed E-state index contributed by atoms with van der Waals surface area (Å²) in [5.41, 5.74) is 5.58. The van der Waals surface area contributed by atoms with Gasteiger partial charge in [-0.15, -0.1) is 0 Å². The number of hydrogen-bond donors (Lipinski definition) is 2. The lowest BCUT2D eigenvalue weighted by Gasteiger charge is -2.21. The van der Waals surface area contributed by atoms with Crippen molar-refractivity contribution in [2.24, 2.45) is 17.6 Å². The van der Waals surface area contributed by atoms with E-state index in [9.17, 15) is 4.79 Å². The van der Waals surface area contributed by atoms with Crippen LogP contribution in [0.25, 0.3) is 0 Å². The van der Waals surface area contributed by atoms with E-state index in [0.29, 0.717) is 26.3 Å². The zero-order valence-electron chi connectivity index (χ0n) is 11.4. The van der Waals surface area contributed by atoms with Crippen LogP contribution in [-0.2, 0) is 14.3 Å². The van der Waals surface area contributed by atoms with Crippen LogP contribution >= 0.6 is 0 Å². The maximum atomic E-state index is 11.8. The first-order valence-electron chi connectivity index (χ1n) is 6.27. The largest absolute Gasteiger partial charge is 0.351 e. The molecule has 102 valence electrons. The third-order valence-electron chi connectivity index (χ3n) is 2.54. The van der Waals surface area contributed by atoms with Gasteiger partial charge < -0.3 is 20.5 Å². The average Bonchev–Trinajstić information content (AvgIpc) is 2.27. The van der Waals surface area contributed by atoms with Gasteiger partial charge in [0, 0.05) is 19.8 Å². The van der Waals surface area contributed by atoms with Gasteiger partial charge in [0.2, 0.25) is 5.91 Å². The average molecular weight is 246 g/mol. The lowest BCUT2D eigenvalue weighted by atomic mass is 9.95. The highest BCUT2D eigenvalue weighted by Gasteiger charge is 2.21. The maximum Gasteiger partial charge on any atom is 0.224 e. The number of rotatable bonds is 9. The Morgan fingerprint density at radius 2 is 1.76 bits per heavy atom. The number of nitrogens with one attached hydrogen (secondary N) is 1. The van der Waals surface area contributed by atoms with Gasteiger partial charge in [-0.05, 0) is 19.8 Å². The van der Waals surface area contributed by atoms with Crippen LogP contribution in [-0.4, -0.2) is 38.5 Å². The number of carbonyl (C=O) groups excluding carboxylic acids is 1. The SMILES string of the molecule is CCOC(CNC(=O)C(CN)C(C)C)OCC. The second kappa shape index (κ2) is 9.39. The predicted molar refractivity (Wildman–Crippen MR) is 67.4 cm³/mol. The molecule has 0 bridgehead atoms. The molecule has 1 atom stereocenters. The number of ether oxygens (including phenoxy) is 2. The summed E-state index contributed by atoms with van der Waals surface area (Å²) in [5.74, 6) is 0.0449. The van der Waals surface area contributed by atoms with Gasteiger partial charge in [-0.1, -0.05) is 13.8 Å². The van der Waals surface area contributed by atoms with Gasteiger partial charge in [-0.3, -0.25) is 4.79 Å². The Balaban J connectivity index is 4.09. The highest BCUT2D eigenvalue weighted by atomic mass is 16.7. The molecule has 0 aromatic heterocycles. The molecular formula is C12H26N2O3. The van der Waals surface area contributed by atoms with E-state index in [4.69, 9.17) is 15.2 Å². The zero-order valence-corrected chi connectivity index (χ0v) is 11.4. The van der Waals surface area contributed by atoms with E-state index in [1.807, 2.05) is 27.7 Å². The second-order valence-corrected chi connectivity index (χ2v) is 4.17. The standard InChI is InChI=1S/C12H26N2O3/c1-5-16-11(17-6-2)8-14-12(15)10(7-13)9(3)4/h9-11H,5-8,13H2,1-4H3,(H,14,15). The van der Waals surface area contributed by atoms with E-state index in [2.05, 4.69) is 5.32 Å². The highest BCUT2D eigenvalue weighted by Crippen LogP contribution is 2.09. The van der Waals surface area contributed by atoms with Crippen LogP contribution < -0.4 is 11.1 Å². The molecule has 17 heavy (non-hydrogen) atoms. The molecule has 3 N–H and O–H groups in total. The molecule has 0 aromatic carbocycles. The van der Waals surface area contributed by atoms with Crippen molar-refractivity contribution in [1.82, 2.24) is 5.32 Å². The molecule has 0 aliphatic rings. The summed E-state index contributed by atoms with van der Waals surface area (Å²) in [6.45, 7) is 9.60. The molecule has 5 nitrogen and oxygen atoms in total. The molecule has 0 rings (SSSR count). The Bertz CT molecular complexity index is 204. The first kappa shape index (κ1) is 16.4. The van der Waals surface area contributed by atoms with Crippen molar-refractivity contribution in [2.75, 3.05) is 26.3 Å². The summed E-state index contributed by atoms with van der Waals surface area (Å²) in [6.07, 6.45) is -0.375. The summed E-state index contributed by atoms with van der Waals surface area (Å²) in [6, 6.07) is 0. The van der Waals surface area contributed by atoms with E-state index in [-0.39, 0.29) is 24.0 Å². The normalized spacial score (nSPS) is 13.1. The third kappa shape index (κ3) is 6.61. The Labute approximate surface area is 104 Å². The van der Waals surface area contributed by atoms with Gasteiger partial charge in [0.25, 0.3) is 0 Å². The van der Waals surface area contributed by atoms with Crippen LogP contribution in [0.3, 0.4) is 0 Å². The highest BCUT2D eigenvalue weighted by molar-refractivity contribution is 5.79. The van der Waals surface area contributed by atoms with Crippen LogP contribution in [0.15, 0.2) is 0 Å². The molecule has 0 heterocycles. The molecule has 0 spiro atoms. The van der Waals surface area contributed by atoms with Crippen molar-refractivity contribution in [3.8, 4) is 0 Å².